The second kappa shape index (κ2) is 7.61. The van der Waals surface area contributed by atoms with Crippen LogP contribution >= 0.6 is 15.9 Å². The molecule has 3 rings (SSSR count). The molecule has 0 atom stereocenters. The Kier molecular flexibility index (Phi) is 5.27. The number of aliphatic imine (C=N–C) groups is 1. The maximum Gasteiger partial charge on any atom is 0.283 e. The van der Waals surface area contributed by atoms with E-state index in [1.54, 1.807) is 19.3 Å². The van der Waals surface area contributed by atoms with E-state index in [0.29, 0.717) is 23.2 Å². The van der Waals surface area contributed by atoms with Crippen molar-refractivity contribution in [1.82, 2.24) is 9.55 Å². The minimum absolute atomic E-state index is 0.0677. The average Bonchev–Trinajstić information content (AvgIpc) is 2.65. The van der Waals surface area contributed by atoms with Gasteiger partial charge in [-0.2, -0.15) is 0 Å². The van der Waals surface area contributed by atoms with Crippen molar-refractivity contribution in [2.45, 2.75) is 6.54 Å². The second-order valence-electron chi connectivity index (χ2n) is 5.67. The largest absolute Gasteiger partial charge is 0.404 e. The maximum atomic E-state index is 14.5. The summed E-state index contributed by atoms with van der Waals surface area (Å²) in [5.74, 6) is -0.537. The molecule has 2 aromatic carbocycles. The average molecular weight is 415 g/mol. The van der Waals surface area contributed by atoms with Crippen LogP contribution in [0, 0.1) is 5.82 Å². The van der Waals surface area contributed by atoms with E-state index in [4.69, 9.17) is 5.73 Å². The highest BCUT2D eigenvalue weighted by Gasteiger charge is 2.13. The maximum absolute atomic E-state index is 14.5. The highest BCUT2D eigenvalue weighted by atomic mass is 79.9. The summed E-state index contributed by atoms with van der Waals surface area (Å²) in [6.07, 6.45) is 2.96. The Labute approximate surface area is 157 Å². The van der Waals surface area contributed by atoms with Gasteiger partial charge in [0.25, 0.3) is 5.56 Å². The van der Waals surface area contributed by atoms with Crippen molar-refractivity contribution in [3.63, 3.8) is 0 Å². The minimum atomic E-state index is -0.537. The number of aromatic nitrogens is 2. The minimum Gasteiger partial charge on any atom is -0.404 e. The van der Waals surface area contributed by atoms with Crippen molar-refractivity contribution in [2.75, 3.05) is 0 Å². The van der Waals surface area contributed by atoms with Crippen LogP contribution in [0.1, 0.15) is 11.1 Å². The molecule has 5 nitrogen and oxygen atoms in total. The van der Waals surface area contributed by atoms with Gasteiger partial charge in [0.05, 0.1) is 12.1 Å². The van der Waals surface area contributed by atoms with E-state index < -0.39 is 5.82 Å². The number of allylic oxidation sites excluding steroid dienone is 1. The molecular formula is C19H16BrFN4O. The lowest BCUT2D eigenvalue weighted by Gasteiger charge is -2.09. The number of nitrogens with zero attached hydrogens (tertiary/aromatic N) is 3. The van der Waals surface area contributed by atoms with Crippen molar-refractivity contribution >= 4 is 38.8 Å². The quantitative estimate of drug-likeness (QED) is 0.664. The number of benzene rings is 2. The standard InChI is InChI=1S/C19H16BrFN4O/c1-25-16-8-13(7-15(21)17(16)24-18(20)19(25)26)14(9-22)11-23-10-12-5-3-2-4-6-12/h2-9,11H,10,22H2,1H3. The van der Waals surface area contributed by atoms with Crippen LogP contribution in [-0.4, -0.2) is 15.8 Å². The van der Waals surface area contributed by atoms with E-state index in [1.807, 2.05) is 30.3 Å². The van der Waals surface area contributed by atoms with Crippen LogP contribution in [0.2, 0.25) is 0 Å². The number of aryl methyl sites for hydroxylation is 1. The number of hydrogen-bond donors (Lipinski definition) is 1. The second-order valence-corrected chi connectivity index (χ2v) is 6.42. The summed E-state index contributed by atoms with van der Waals surface area (Å²) in [6, 6.07) is 12.8. The van der Waals surface area contributed by atoms with Crippen LogP contribution in [0.4, 0.5) is 4.39 Å². The molecule has 0 aliphatic carbocycles. The molecule has 0 saturated heterocycles. The number of fused-ring (bicyclic) bond motifs is 1. The highest BCUT2D eigenvalue weighted by molar-refractivity contribution is 9.10. The Hall–Kier alpha value is -2.80. The summed E-state index contributed by atoms with van der Waals surface area (Å²) in [5, 5.41) is 0. The smallest absolute Gasteiger partial charge is 0.283 e. The predicted molar refractivity (Wildman–Crippen MR) is 105 cm³/mol. The van der Waals surface area contributed by atoms with Gasteiger partial charge in [0.1, 0.15) is 5.52 Å². The summed E-state index contributed by atoms with van der Waals surface area (Å²) in [4.78, 5) is 20.4. The van der Waals surface area contributed by atoms with Gasteiger partial charge in [0, 0.05) is 25.0 Å². The molecule has 0 aliphatic heterocycles. The summed E-state index contributed by atoms with van der Waals surface area (Å²) in [6.45, 7) is 0.487. The van der Waals surface area contributed by atoms with Crippen LogP contribution in [0.5, 0.6) is 0 Å². The summed E-state index contributed by atoms with van der Waals surface area (Å²) in [7, 11) is 1.57. The third-order valence-corrected chi connectivity index (χ3v) is 4.47. The van der Waals surface area contributed by atoms with Crippen LogP contribution in [0.3, 0.4) is 0 Å². The first kappa shape index (κ1) is 18.0. The Morgan fingerprint density at radius 2 is 2.08 bits per heavy atom. The van der Waals surface area contributed by atoms with Crippen molar-refractivity contribution < 1.29 is 4.39 Å². The molecule has 26 heavy (non-hydrogen) atoms. The molecule has 1 aromatic heterocycles. The molecule has 0 bridgehead atoms. The Morgan fingerprint density at radius 3 is 2.77 bits per heavy atom. The molecule has 0 unspecified atom stereocenters. The van der Waals surface area contributed by atoms with Crippen molar-refractivity contribution in [2.24, 2.45) is 17.8 Å². The molecule has 7 heteroatoms. The number of hydrogen-bond acceptors (Lipinski definition) is 4. The molecular weight excluding hydrogens is 399 g/mol. The van der Waals surface area contributed by atoms with E-state index in [1.165, 1.54) is 16.8 Å². The molecule has 3 aromatic rings. The highest BCUT2D eigenvalue weighted by Crippen LogP contribution is 2.22. The third-order valence-electron chi connectivity index (χ3n) is 3.96. The van der Waals surface area contributed by atoms with Crippen molar-refractivity contribution in [1.29, 1.82) is 0 Å². The number of nitrogens with two attached hydrogens (primary N) is 1. The molecule has 0 fully saturated rings. The molecule has 0 amide bonds. The Bertz CT molecular complexity index is 1070. The lowest BCUT2D eigenvalue weighted by molar-refractivity contribution is 0.634. The summed E-state index contributed by atoms with van der Waals surface area (Å²) < 4.78 is 15.9. The lowest BCUT2D eigenvalue weighted by atomic mass is 10.1. The first-order valence-electron chi connectivity index (χ1n) is 7.83. The van der Waals surface area contributed by atoms with Crippen LogP contribution in [-0.2, 0) is 13.6 Å². The van der Waals surface area contributed by atoms with Gasteiger partial charge in [0.15, 0.2) is 10.4 Å². The fraction of sp³-hybridized carbons (Fsp3) is 0.105. The topological polar surface area (TPSA) is 73.3 Å². The molecule has 2 N–H and O–H groups in total. The Morgan fingerprint density at radius 1 is 1.35 bits per heavy atom. The third kappa shape index (κ3) is 3.57. The number of halogens is 2. The fourth-order valence-corrected chi connectivity index (χ4v) is 3.00. The molecule has 1 heterocycles. The van der Waals surface area contributed by atoms with E-state index in [0.717, 1.165) is 5.56 Å². The fourth-order valence-electron chi connectivity index (χ4n) is 2.56. The van der Waals surface area contributed by atoms with E-state index in [2.05, 4.69) is 25.9 Å². The first-order chi connectivity index (χ1) is 12.5. The molecule has 0 saturated carbocycles. The van der Waals surface area contributed by atoms with Gasteiger partial charge in [-0.1, -0.05) is 30.3 Å². The molecule has 0 spiro atoms. The first-order valence-corrected chi connectivity index (χ1v) is 8.62. The van der Waals surface area contributed by atoms with Gasteiger partial charge < -0.3 is 10.3 Å². The molecule has 0 radical (unpaired) electrons. The van der Waals surface area contributed by atoms with Gasteiger partial charge in [-0.25, -0.2) is 9.37 Å². The monoisotopic (exact) mass is 414 g/mol. The van der Waals surface area contributed by atoms with Crippen molar-refractivity contribution in [3.05, 3.63) is 80.6 Å². The number of rotatable bonds is 4. The summed E-state index contributed by atoms with van der Waals surface area (Å²) >= 11 is 3.06. The van der Waals surface area contributed by atoms with Gasteiger partial charge in [-0.15, -0.1) is 0 Å². The van der Waals surface area contributed by atoms with E-state index in [-0.39, 0.29) is 15.7 Å². The predicted octanol–water partition coefficient (Wildman–Crippen LogP) is 3.41. The normalized spacial score (nSPS) is 12.2. The zero-order valence-electron chi connectivity index (χ0n) is 14.0. The van der Waals surface area contributed by atoms with Gasteiger partial charge in [-0.3, -0.25) is 9.79 Å². The van der Waals surface area contributed by atoms with Crippen molar-refractivity contribution in [3.8, 4) is 0 Å². The van der Waals surface area contributed by atoms with Gasteiger partial charge in [-0.05, 0) is 39.2 Å². The van der Waals surface area contributed by atoms with E-state index in [9.17, 15) is 9.18 Å². The molecule has 132 valence electrons. The zero-order valence-corrected chi connectivity index (χ0v) is 15.6. The van der Waals surface area contributed by atoms with Crippen LogP contribution in [0.15, 0.2) is 63.1 Å². The lowest BCUT2D eigenvalue weighted by Crippen LogP contribution is -2.19. The zero-order chi connectivity index (χ0) is 18.7. The SMILES string of the molecule is Cn1c(=O)c(Br)nc2c(F)cc(C(C=NCc3ccccc3)=CN)cc21. The Balaban J connectivity index is 1.99. The van der Waals surface area contributed by atoms with Crippen LogP contribution in [0.25, 0.3) is 16.6 Å². The van der Waals surface area contributed by atoms with Crippen LogP contribution < -0.4 is 11.3 Å². The summed E-state index contributed by atoms with van der Waals surface area (Å²) in [5.41, 5.74) is 7.98. The van der Waals surface area contributed by atoms with Gasteiger partial charge >= 0.3 is 0 Å². The van der Waals surface area contributed by atoms with Gasteiger partial charge in [0.2, 0.25) is 0 Å². The molecule has 0 aliphatic rings. The van der Waals surface area contributed by atoms with E-state index >= 15 is 0 Å².